The standard InChI is InChI=1S/C25H28N4Si/c1-30(2,3)14-11-18-5-4-6-21(15-18)25-24(20-9-12-26-13-10-20)23-16-27-22(19-7-8-19)17-29(23)28-25/h4-6,9-10,12-13,15,19,22,27H,7-8,16-17H2,1-3H3/t22-/m1/s1. The molecule has 0 saturated heterocycles. The molecule has 1 N–H and O–H groups in total. The molecule has 30 heavy (non-hydrogen) atoms. The predicted molar refractivity (Wildman–Crippen MR) is 124 cm³/mol. The Morgan fingerprint density at radius 1 is 1.07 bits per heavy atom. The van der Waals surface area contributed by atoms with E-state index in [1.54, 1.807) is 0 Å². The number of nitrogens with zero attached hydrogens (tertiary/aromatic N) is 3. The largest absolute Gasteiger partial charge is 0.306 e. The van der Waals surface area contributed by atoms with E-state index in [2.05, 4.69) is 82.5 Å². The predicted octanol–water partition coefficient (Wildman–Crippen LogP) is 4.72. The maximum absolute atomic E-state index is 5.12. The zero-order valence-electron chi connectivity index (χ0n) is 17.9. The van der Waals surface area contributed by atoms with Crippen molar-refractivity contribution in [2.24, 2.45) is 5.92 Å². The quantitative estimate of drug-likeness (QED) is 0.500. The lowest BCUT2D eigenvalue weighted by atomic mass is 9.97. The highest BCUT2D eigenvalue weighted by atomic mass is 28.3. The molecule has 0 radical (unpaired) electrons. The number of fused-ring (bicyclic) bond motifs is 1. The molecule has 0 amide bonds. The molecule has 0 unspecified atom stereocenters. The van der Waals surface area contributed by atoms with E-state index in [9.17, 15) is 0 Å². The van der Waals surface area contributed by atoms with Gasteiger partial charge in [0.1, 0.15) is 13.8 Å². The van der Waals surface area contributed by atoms with Crippen LogP contribution in [0, 0.1) is 17.4 Å². The minimum atomic E-state index is -1.42. The Morgan fingerprint density at radius 3 is 2.60 bits per heavy atom. The summed E-state index contributed by atoms with van der Waals surface area (Å²) in [5.41, 5.74) is 10.4. The summed E-state index contributed by atoms with van der Waals surface area (Å²) in [7, 11) is -1.42. The van der Waals surface area contributed by atoms with Gasteiger partial charge in [-0.3, -0.25) is 9.67 Å². The smallest absolute Gasteiger partial charge is 0.129 e. The van der Waals surface area contributed by atoms with Crippen molar-refractivity contribution in [2.75, 3.05) is 0 Å². The first-order valence-electron chi connectivity index (χ1n) is 10.8. The van der Waals surface area contributed by atoms with Crippen LogP contribution in [0.4, 0.5) is 0 Å². The minimum absolute atomic E-state index is 0.546. The number of pyridine rings is 1. The molecule has 1 aliphatic carbocycles. The molecule has 152 valence electrons. The molecule has 1 aromatic carbocycles. The van der Waals surface area contributed by atoms with E-state index in [0.717, 1.165) is 35.8 Å². The number of hydrogen-bond donors (Lipinski definition) is 1. The zero-order valence-corrected chi connectivity index (χ0v) is 18.9. The number of nitrogens with one attached hydrogen (secondary N) is 1. The first kappa shape index (κ1) is 19.3. The average Bonchev–Trinajstić information content (AvgIpc) is 3.52. The van der Waals surface area contributed by atoms with Gasteiger partial charge in [-0.2, -0.15) is 5.10 Å². The molecule has 2 aromatic heterocycles. The van der Waals surface area contributed by atoms with Gasteiger partial charge in [-0.15, -0.1) is 5.54 Å². The van der Waals surface area contributed by atoms with Gasteiger partial charge in [0.05, 0.1) is 12.2 Å². The van der Waals surface area contributed by atoms with Crippen molar-refractivity contribution in [1.29, 1.82) is 0 Å². The summed E-state index contributed by atoms with van der Waals surface area (Å²) in [4.78, 5) is 4.22. The van der Waals surface area contributed by atoms with Crippen molar-refractivity contribution < 1.29 is 0 Å². The maximum Gasteiger partial charge on any atom is 0.129 e. The van der Waals surface area contributed by atoms with Crippen LogP contribution in [0.15, 0.2) is 48.8 Å². The summed E-state index contributed by atoms with van der Waals surface area (Å²) >= 11 is 0. The van der Waals surface area contributed by atoms with Crippen molar-refractivity contribution in [3.05, 3.63) is 60.0 Å². The molecule has 1 aliphatic heterocycles. The summed E-state index contributed by atoms with van der Waals surface area (Å²) in [6.07, 6.45) is 6.41. The Bertz CT molecular complexity index is 1130. The van der Waals surface area contributed by atoms with Crippen LogP contribution in [0.1, 0.15) is 24.1 Å². The van der Waals surface area contributed by atoms with Gasteiger partial charge in [0.2, 0.25) is 0 Å². The SMILES string of the molecule is C[Si](C)(C)C#Cc1cccc(-c2nn3c(c2-c2ccncc2)CN[C@@H](C2CC2)C3)c1. The summed E-state index contributed by atoms with van der Waals surface area (Å²) in [5, 5.41) is 8.89. The first-order chi connectivity index (χ1) is 14.5. The fourth-order valence-electron chi connectivity index (χ4n) is 4.15. The van der Waals surface area contributed by atoms with Crippen LogP contribution in [0.2, 0.25) is 19.6 Å². The lowest BCUT2D eigenvalue weighted by Gasteiger charge is -2.25. The summed E-state index contributed by atoms with van der Waals surface area (Å²) in [5.74, 6) is 4.22. The van der Waals surface area contributed by atoms with E-state index >= 15 is 0 Å². The Kier molecular flexibility index (Phi) is 4.84. The van der Waals surface area contributed by atoms with Gasteiger partial charge in [-0.05, 0) is 48.6 Å². The molecule has 3 heterocycles. The highest BCUT2D eigenvalue weighted by Gasteiger charge is 2.35. The molecule has 1 fully saturated rings. The van der Waals surface area contributed by atoms with Crippen molar-refractivity contribution in [2.45, 2.75) is 51.6 Å². The normalized spacial score (nSPS) is 18.4. The van der Waals surface area contributed by atoms with Gasteiger partial charge in [-0.1, -0.05) is 37.7 Å². The van der Waals surface area contributed by atoms with Crippen molar-refractivity contribution in [3.8, 4) is 33.8 Å². The van der Waals surface area contributed by atoms with E-state index in [1.807, 2.05) is 12.4 Å². The number of rotatable bonds is 3. The summed E-state index contributed by atoms with van der Waals surface area (Å²) in [6, 6.07) is 13.3. The molecule has 2 aliphatic rings. The topological polar surface area (TPSA) is 42.7 Å². The van der Waals surface area contributed by atoms with Crippen LogP contribution in [0.5, 0.6) is 0 Å². The third kappa shape index (κ3) is 3.98. The van der Waals surface area contributed by atoms with Crippen LogP contribution in [-0.4, -0.2) is 28.9 Å². The van der Waals surface area contributed by atoms with E-state index < -0.39 is 8.07 Å². The molecule has 0 spiro atoms. The number of benzene rings is 1. The molecular weight excluding hydrogens is 384 g/mol. The summed E-state index contributed by atoms with van der Waals surface area (Å²) < 4.78 is 2.24. The third-order valence-corrected chi connectivity index (χ3v) is 6.71. The van der Waals surface area contributed by atoms with E-state index in [0.29, 0.717) is 6.04 Å². The lowest BCUT2D eigenvalue weighted by Crippen LogP contribution is -2.40. The second-order valence-electron chi connectivity index (χ2n) is 9.49. The molecular formula is C25H28N4Si. The highest BCUT2D eigenvalue weighted by molar-refractivity contribution is 6.83. The van der Waals surface area contributed by atoms with E-state index in [4.69, 9.17) is 5.10 Å². The fourth-order valence-corrected chi connectivity index (χ4v) is 4.67. The number of hydrogen-bond acceptors (Lipinski definition) is 3. The first-order valence-corrected chi connectivity index (χ1v) is 14.3. The maximum atomic E-state index is 5.12. The van der Waals surface area contributed by atoms with Gasteiger partial charge in [0.25, 0.3) is 0 Å². The third-order valence-electron chi connectivity index (χ3n) is 5.84. The average molecular weight is 413 g/mol. The van der Waals surface area contributed by atoms with Crippen LogP contribution in [0.3, 0.4) is 0 Å². The molecule has 4 nitrogen and oxygen atoms in total. The monoisotopic (exact) mass is 412 g/mol. The van der Waals surface area contributed by atoms with Gasteiger partial charge < -0.3 is 5.32 Å². The highest BCUT2D eigenvalue weighted by Crippen LogP contribution is 2.39. The van der Waals surface area contributed by atoms with Crippen molar-refractivity contribution >= 4 is 8.07 Å². The Morgan fingerprint density at radius 2 is 1.87 bits per heavy atom. The van der Waals surface area contributed by atoms with Crippen LogP contribution in [0.25, 0.3) is 22.4 Å². The second-order valence-corrected chi connectivity index (χ2v) is 14.2. The van der Waals surface area contributed by atoms with Crippen LogP contribution in [-0.2, 0) is 13.1 Å². The Hall–Kier alpha value is -2.68. The van der Waals surface area contributed by atoms with Gasteiger partial charge >= 0.3 is 0 Å². The molecule has 5 rings (SSSR count). The van der Waals surface area contributed by atoms with Gasteiger partial charge in [0, 0.05) is 41.7 Å². The van der Waals surface area contributed by atoms with Gasteiger partial charge in [-0.25, -0.2) is 0 Å². The zero-order chi connectivity index (χ0) is 20.7. The molecule has 1 saturated carbocycles. The Balaban J connectivity index is 1.60. The lowest BCUT2D eigenvalue weighted by molar-refractivity contribution is 0.339. The van der Waals surface area contributed by atoms with Crippen molar-refractivity contribution in [1.82, 2.24) is 20.1 Å². The minimum Gasteiger partial charge on any atom is -0.306 e. The van der Waals surface area contributed by atoms with E-state index in [-0.39, 0.29) is 0 Å². The van der Waals surface area contributed by atoms with Gasteiger partial charge in [0.15, 0.2) is 0 Å². The Labute approximate surface area is 179 Å². The molecule has 5 heteroatoms. The number of aromatic nitrogens is 3. The second kappa shape index (κ2) is 7.53. The molecule has 3 aromatic rings. The molecule has 1 atom stereocenters. The van der Waals surface area contributed by atoms with Crippen LogP contribution < -0.4 is 5.32 Å². The van der Waals surface area contributed by atoms with Crippen LogP contribution >= 0.6 is 0 Å². The molecule has 0 bridgehead atoms. The van der Waals surface area contributed by atoms with E-state index in [1.165, 1.54) is 29.7 Å². The van der Waals surface area contributed by atoms with Crippen molar-refractivity contribution in [3.63, 3.8) is 0 Å². The summed E-state index contributed by atoms with van der Waals surface area (Å²) in [6.45, 7) is 8.64. The fraction of sp³-hybridized carbons (Fsp3) is 0.360.